The molecule has 3 aromatic rings. The highest BCUT2D eigenvalue weighted by molar-refractivity contribution is 7.10. The van der Waals surface area contributed by atoms with Crippen LogP contribution < -0.4 is 4.74 Å². The van der Waals surface area contributed by atoms with E-state index in [4.69, 9.17) is 16.3 Å². The number of rotatable bonds is 6. The number of aryl methyl sites for hydroxylation is 2. The van der Waals surface area contributed by atoms with Crippen molar-refractivity contribution in [2.45, 2.75) is 26.3 Å². The lowest BCUT2D eigenvalue weighted by Gasteiger charge is -2.25. The Morgan fingerprint density at radius 3 is 2.42 bits per heavy atom. The Bertz CT molecular complexity index is 1250. The predicted molar refractivity (Wildman–Crippen MR) is 131 cm³/mol. The van der Waals surface area contributed by atoms with Crippen molar-refractivity contribution < 1.29 is 19.4 Å². The van der Waals surface area contributed by atoms with E-state index in [1.807, 2.05) is 37.4 Å². The first kappa shape index (κ1) is 23.1. The van der Waals surface area contributed by atoms with E-state index in [1.54, 1.807) is 42.3 Å². The Kier molecular flexibility index (Phi) is 6.58. The molecule has 1 unspecified atom stereocenters. The molecule has 1 fully saturated rings. The van der Waals surface area contributed by atoms with Crippen LogP contribution in [0.2, 0.25) is 5.02 Å². The van der Waals surface area contributed by atoms with E-state index in [0.29, 0.717) is 29.3 Å². The van der Waals surface area contributed by atoms with Crippen LogP contribution in [-0.2, 0) is 16.0 Å². The zero-order chi connectivity index (χ0) is 23.7. The van der Waals surface area contributed by atoms with Crippen molar-refractivity contribution >= 4 is 40.4 Å². The number of hydrogen-bond donors (Lipinski definition) is 1. The van der Waals surface area contributed by atoms with Gasteiger partial charge in [-0.25, -0.2) is 0 Å². The average molecular weight is 482 g/mol. The summed E-state index contributed by atoms with van der Waals surface area (Å²) in [7, 11) is 1.58. The number of methoxy groups -OCH3 is 1. The van der Waals surface area contributed by atoms with E-state index in [0.717, 1.165) is 21.6 Å². The van der Waals surface area contributed by atoms with Gasteiger partial charge in [0.2, 0.25) is 0 Å². The summed E-state index contributed by atoms with van der Waals surface area (Å²) in [6.07, 6.45) is 0.562. The third-order valence-electron chi connectivity index (χ3n) is 5.91. The number of thiophene rings is 1. The fraction of sp³-hybridized carbons (Fsp3) is 0.231. The molecule has 1 amide bonds. The van der Waals surface area contributed by atoms with Crippen LogP contribution in [0.1, 0.15) is 33.2 Å². The van der Waals surface area contributed by atoms with Gasteiger partial charge in [0.05, 0.1) is 18.7 Å². The first-order valence-electron chi connectivity index (χ1n) is 10.5. The third kappa shape index (κ3) is 4.41. The van der Waals surface area contributed by atoms with Crippen LogP contribution in [0.5, 0.6) is 5.75 Å². The minimum absolute atomic E-state index is 0.117. The van der Waals surface area contributed by atoms with Gasteiger partial charge in [-0.05, 0) is 78.7 Å². The Hall–Kier alpha value is -3.09. The molecule has 1 aliphatic heterocycles. The number of benzene rings is 2. The van der Waals surface area contributed by atoms with Gasteiger partial charge in [0.15, 0.2) is 0 Å². The molecule has 2 heterocycles. The first-order valence-corrected chi connectivity index (χ1v) is 11.8. The van der Waals surface area contributed by atoms with Gasteiger partial charge in [-0.1, -0.05) is 23.7 Å². The van der Waals surface area contributed by atoms with E-state index in [2.05, 4.69) is 0 Å². The number of aliphatic hydroxyl groups is 1. The quantitative estimate of drug-likeness (QED) is 0.279. The second-order valence-electron chi connectivity index (χ2n) is 8.02. The summed E-state index contributed by atoms with van der Waals surface area (Å²) in [6.45, 7) is 4.15. The minimum Gasteiger partial charge on any atom is -0.507 e. The molecule has 0 bridgehead atoms. The lowest BCUT2D eigenvalue weighted by Crippen LogP contribution is -2.31. The maximum absolute atomic E-state index is 13.2. The smallest absolute Gasteiger partial charge is 0.295 e. The Labute approximate surface area is 201 Å². The fourth-order valence-electron chi connectivity index (χ4n) is 4.13. The molecule has 1 atom stereocenters. The molecule has 33 heavy (non-hydrogen) atoms. The summed E-state index contributed by atoms with van der Waals surface area (Å²) >= 11 is 7.46. The molecule has 1 saturated heterocycles. The van der Waals surface area contributed by atoms with Crippen molar-refractivity contribution in [3.05, 3.63) is 91.6 Å². The van der Waals surface area contributed by atoms with Gasteiger partial charge >= 0.3 is 0 Å². The number of amides is 1. The molecule has 170 valence electrons. The SMILES string of the molecule is COc1ccc(/C(O)=C2/C(=O)C(=O)N(CCc3ccc(Cl)cc3)C2c2sccc2C)cc1C. The summed E-state index contributed by atoms with van der Waals surface area (Å²) in [5.41, 5.74) is 3.39. The number of hydrogen-bond acceptors (Lipinski definition) is 5. The van der Waals surface area contributed by atoms with Crippen LogP contribution in [-0.4, -0.2) is 35.4 Å². The van der Waals surface area contributed by atoms with Crippen molar-refractivity contribution in [3.63, 3.8) is 0 Å². The maximum Gasteiger partial charge on any atom is 0.295 e. The largest absolute Gasteiger partial charge is 0.507 e. The molecule has 0 saturated carbocycles. The van der Waals surface area contributed by atoms with E-state index in [9.17, 15) is 14.7 Å². The molecular weight excluding hydrogens is 458 g/mol. The van der Waals surface area contributed by atoms with Gasteiger partial charge in [-0.3, -0.25) is 9.59 Å². The molecule has 0 spiro atoms. The summed E-state index contributed by atoms with van der Waals surface area (Å²) in [6, 6.07) is 13.9. The van der Waals surface area contributed by atoms with Crippen LogP contribution in [0, 0.1) is 13.8 Å². The number of ketones is 1. The number of Topliss-reactive ketones (excluding diaryl/α,β-unsaturated/α-hetero) is 1. The van der Waals surface area contributed by atoms with Crippen LogP contribution in [0.15, 0.2) is 59.5 Å². The number of nitrogens with zero attached hydrogens (tertiary/aromatic N) is 1. The van der Waals surface area contributed by atoms with Crippen molar-refractivity contribution in [2.75, 3.05) is 13.7 Å². The fourth-order valence-corrected chi connectivity index (χ4v) is 5.30. The lowest BCUT2D eigenvalue weighted by atomic mass is 9.97. The lowest BCUT2D eigenvalue weighted by molar-refractivity contribution is -0.139. The Balaban J connectivity index is 1.77. The van der Waals surface area contributed by atoms with Gasteiger partial charge in [-0.15, -0.1) is 11.3 Å². The van der Waals surface area contributed by atoms with E-state index in [1.165, 1.54) is 11.3 Å². The zero-order valence-electron chi connectivity index (χ0n) is 18.6. The van der Waals surface area contributed by atoms with Gasteiger partial charge < -0.3 is 14.7 Å². The van der Waals surface area contributed by atoms with Crippen LogP contribution in [0.25, 0.3) is 5.76 Å². The summed E-state index contributed by atoms with van der Waals surface area (Å²) in [4.78, 5) is 28.7. The van der Waals surface area contributed by atoms with Crippen molar-refractivity contribution in [3.8, 4) is 5.75 Å². The van der Waals surface area contributed by atoms with Gasteiger partial charge in [-0.2, -0.15) is 0 Å². The van der Waals surface area contributed by atoms with Crippen molar-refractivity contribution in [1.29, 1.82) is 0 Å². The number of carbonyl (C=O) groups excluding carboxylic acids is 2. The number of carbonyl (C=O) groups is 2. The molecular formula is C26H24ClNO4S. The highest BCUT2D eigenvalue weighted by atomic mass is 35.5. The second-order valence-corrected chi connectivity index (χ2v) is 9.41. The minimum atomic E-state index is -0.671. The van der Waals surface area contributed by atoms with Crippen LogP contribution in [0.3, 0.4) is 0 Å². The summed E-state index contributed by atoms with van der Waals surface area (Å²) in [5, 5.41) is 13.8. The van der Waals surface area contributed by atoms with E-state index >= 15 is 0 Å². The van der Waals surface area contributed by atoms with E-state index in [-0.39, 0.29) is 11.3 Å². The zero-order valence-corrected chi connectivity index (χ0v) is 20.2. The van der Waals surface area contributed by atoms with Gasteiger partial charge in [0.25, 0.3) is 11.7 Å². The van der Waals surface area contributed by atoms with Crippen LogP contribution in [0.4, 0.5) is 0 Å². The third-order valence-corrected chi connectivity index (χ3v) is 7.24. The standard InChI is InChI=1S/C26H24ClNO4S/c1-15-11-13-33-25(15)22-21(23(29)18-6-9-20(32-3)16(2)14-18)24(30)26(31)28(22)12-10-17-4-7-19(27)8-5-17/h4-9,11,13-14,22,29H,10,12H2,1-3H3/b23-21-. The monoisotopic (exact) mass is 481 g/mol. The van der Waals surface area contributed by atoms with Crippen LogP contribution >= 0.6 is 22.9 Å². The summed E-state index contributed by atoms with van der Waals surface area (Å²) in [5.74, 6) is -0.769. The van der Waals surface area contributed by atoms with Crippen molar-refractivity contribution in [1.82, 2.24) is 4.90 Å². The van der Waals surface area contributed by atoms with E-state index < -0.39 is 17.7 Å². The molecule has 2 aromatic carbocycles. The molecule has 0 radical (unpaired) electrons. The molecule has 1 aliphatic rings. The highest BCUT2D eigenvalue weighted by Gasteiger charge is 2.46. The topological polar surface area (TPSA) is 66.8 Å². The second kappa shape index (κ2) is 9.41. The van der Waals surface area contributed by atoms with Gasteiger partial charge in [0.1, 0.15) is 11.5 Å². The summed E-state index contributed by atoms with van der Waals surface area (Å²) < 4.78 is 5.30. The molecule has 5 nitrogen and oxygen atoms in total. The Morgan fingerprint density at radius 1 is 1.09 bits per heavy atom. The first-order chi connectivity index (χ1) is 15.8. The molecule has 7 heteroatoms. The number of halogens is 1. The average Bonchev–Trinajstić information content (AvgIpc) is 3.33. The predicted octanol–water partition coefficient (Wildman–Crippen LogP) is 5.69. The molecule has 1 aromatic heterocycles. The van der Waals surface area contributed by atoms with Gasteiger partial charge in [0, 0.05) is 22.0 Å². The van der Waals surface area contributed by atoms with Crippen molar-refractivity contribution in [2.24, 2.45) is 0 Å². The Morgan fingerprint density at radius 2 is 1.82 bits per heavy atom. The number of likely N-dealkylation sites (tertiary alicyclic amines) is 1. The maximum atomic E-state index is 13.2. The normalized spacial score (nSPS) is 17.6. The molecule has 1 N–H and O–H groups in total. The molecule has 4 rings (SSSR count). The molecule has 0 aliphatic carbocycles. The number of aliphatic hydroxyl groups excluding tert-OH is 1. The number of ether oxygens (including phenoxy) is 1. The highest BCUT2D eigenvalue weighted by Crippen LogP contribution is 2.42.